The van der Waals surface area contributed by atoms with Gasteiger partial charge < -0.3 is 10.6 Å². The molecule has 0 aliphatic carbocycles. The predicted octanol–water partition coefficient (Wildman–Crippen LogP) is 3.90. The Hall–Kier alpha value is -2.77. The van der Waals surface area contributed by atoms with E-state index in [9.17, 15) is 20.1 Å². The zero-order chi connectivity index (χ0) is 20.9. The maximum atomic E-state index is 12.5. The van der Waals surface area contributed by atoms with E-state index in [2.05, 4.69) is 30.6 Å². The van der Waals surface area contributed by atoms with Crippen LogP contribution in [-0.2, 0) is 9.59 Å². The molecule has 0 bridgehead atoms. The van der Waals surface area contributed by atoms with Crippen LogP contribution in [0.2, 0.25) is 0 Å². The third-order valence-corrected chi connectivity index (χ3v) is 6.06. The number of thioether (sulfide) groups is 1. The molecule has 0 saturated carbocycles. The maximum Gasteiger partial charge on any atom is 0.243 e. The van der Waals surface area contributed by atoms with Crippen molar-refractivity contribution >= 4 is 29.3 Å². The van der Waals surface area contributed by atoms with E-state index >= 15 is 0 Å². The summed E-state index contributed by atoms with van der Waals surface area (Å²) in [5.74, 6) is -1.25. The van der Waals surface area contributed by atoms with Gasteiger partial charge in [0, 0.05) is 11.1 Å². The topological polar surface area (TPSA) is 106 Å². The number of carbonyl (C=O) groups excluding carboxylic acids is 2. The number of nitriles is 2. The largest absolute Gasteiger partial charge is 0.325 e. The molecule has 2 atom stereocenters. The SMILES string of the molecule is CC[C@@H](C)c1ccccc1NC(=O)CSC1=C(C#N)C(C)(C)[C@H](C#N)C(=O)N1. The molecule has 28 heavy (non-hydrogen) atoms. The molecule has 1 aliphatic heterocycles. The average Bonchev–Trinajstić information content (AvgIpc) is 2.65. The Labute approximate surface area is 170 Å². The van der Waals surface area contributed by atoms with Crippen molar-refractivity contribution in [3.05, 3.63) is 40.4 Å². The second-order valence-corrected chi connectivity index (χ2v) is 8.31. The summed E-state index contributed by atoms with van der Waals surface area (Å²) in [6.07, 6.45) is 0.960. The van der Waals surface area contributed by atoms with Crippen molar-refractivity contribution in [1.82, 2.24) is 5.32 Å². The number of carbonyl (C=O) groups is 2. The maximum absolute atomic E-state index is 12.5. The number of anilines is 1. The van der Waals surface area contributed by atoms with Gasteiger partial charge in [0.25, 0.3) is 0 Å². The smallest absolute Gasteiger partial charge is 0.243 e. The van der Waals surface area contributed by atoms with Crippen molar-refractivity contribution in [1.29, 1.82) is 10.5 Å². The van der Waals surface area contributed by atoms with Crippen molar-refractivity contribution in [3.8, 4) is 12.1 Å². The lowest BCUT2D eigenvalue weighted by atomic mass is 9.72. The van der Waals surface area contributed by atoms with E-state index in [1.165, 1.54) is 0 Å². The van der Waals surface area contributed by atoms with Gasteiger partial charge in [0.2, 0.25) is 11.8 Å². The molecule has 2 rings (SSSR count). The minimum Gasteiger partial charge on any atom is -0.325 e. The third-order valence-electron chi connectivity index (χ3n) is 5.06. The lowest BCUT2D eigenvalue weighted by Gasteiger charge is -2.34. The monoisotopic (exact) mass is 396 g/mol. The number of nitrogens with zero attached hydrogens (tertiary/aromatic N) is 2. The van der Waals surface area contributed by atoms with Crippen LogP contribution in [0, 0.1) is 34.0 Å². The fourth-order valence-corrected chi connectivity index (χ4v) is 4.09. The highest BCUT2D eigenvalue weighted by atomic mass is 32.2. The first-order valence-electron chi connectivity index (χ1n) is 9.13. The minimum atomic E-state index is -0.942. The summed E-state index contributed by atoms with van der Waals surface area (Å²) in [5.41, 5.74) is 1.25. The van der Waals surface area contributed by atoms with Crippen molar-refractivity contribution in [2.24, 2.45) is 11.3 Å². The Kier molecular flexibility index (Phi) is 6.88. The van der Waals surface area contributed by atoms with Gasteiger partial charge in [-0.15, -0.1) is 0 Å². The number of allylic oxidation sites excluding steroid dienone is 1. The van der Waals surface area contributed by atoms with Crippen LogP contribution in [0.25, 0.3) is 0 Å². The van der Waals surface area contributed by atoms with E-state index in [-0.39, 0.29) is 11.7 Å². The first-order valence-corrected chi connectivity index (χ1v) is 10.1. The van der Waals surface area contributed by atoms with E-state index in [1.54, 1.807) is 13.8 Å². The van der Waals surface area contributed by atoms with E-state index in [1.807, 2.05) is 30.3 Å². The van der Waals surface area contributed by atoms with E-state index in [4.69, 9.17) is 0 Å². The molecule has 1 heterocycles. The van der Waals surface area contributed by atoms with Gasteiger partial charge in [-0.25, -0.2) is 0 Å². The molecule has 0 radical (unpaired) electrons. The first kappa shape index (κ1) is 21.5. The summed E-state index contributed by atoms with van der Waals surface area (Å²) in [6.45, 7) is 7.59. The Balaban J connectivity index is 2.15. The van der Waals surface area contributed by atoms with Crippen LogP contribution in [0.3, 0.4) is 0 Å². The zero-order valence-electron chi connectivity index (χ0n) is 16.5. The number of nitrogens with one attached hydrogen (secondary N) is 2. The number of hydrogen-bond donors (Lipinski definition) is 2. The molecule has 6 nitrogen and oxygen atoms in total. The number of benzene rings is 1. The molecule has 1 aromatic rings. The third kappa shape index (κ3) is 4.37. The molecule has 146 valence electrons. The molecule has 0 saturated heterocycles. The fraction of sp³-hybridized carbons (Fsp3) is 0.429. The van der Waals surface area contributed by atoms with Crippen molar-refractivity contribution in [2.75, 3.05) is 11.1 Å². The molecule has 1 aliphatic rings. The van der Waals surface area contributed by atoms with Gasteiger partial charge in [0.15, 0.2) is 0 Å². The Morgan fingerprint density at radius 1 is 1.36 bits per heavy atom. The molecule has 7 heteroatoms. The second kappa shape index (κ2) is 8.95. The summed E-state index contributed by atoms with van der Waals surface area (Å²) >= 11 is 1.10. The molecule has 0 aromatic heterocycles. The summed E-state index contributed by atoms with van der Waals surface area (Å²) in [7, 11) is 0. The molecular formula is C21H24N4O2S. The lowest BCUT2D eigenvalue weighted by molar-refractivity contribution is -0.125. The number of hydrogen-bond acceptors (Lipinski definition) is 5. The minimum absolute atomic E-state index is 0.0446. The van der Waals surface area contributed by atoms with Gasteiger partial charge in [-0.2, -0.15) is 10.5 Å². The fourth-order valence-electron chi connectivity index (χ4n) is 3.12. The van der Waals surface area contributed by atoms with Gasteiger partial charge in [0.1, 0.15) is 5.92 Å². The van der Waals surface area contributed by atoms with E-state index in [0.29, 0.717) is 16.5 Å². The van der Waals surface area contributed by atoms with Crippen LogP contribution >= 0.6 is 11.8 Å². The normalized spacial score (nSPS) is 19.2. The Bertz CT molecular complexity index is 892. The first-order chi connectivity index (χ1) is 13.3. The summed E-state index contributed by atoms with van der Waals surface area (Å²) < 4.78 is 0. The quantitative estimate of drug-likeness (QED) is 0.758. The summed E-state index contributed by atoms with van der Waals surface area (Å²) in [5, 5.41) is 24.7. The van der Waals surface area contributed by atoms with E-state index in [0.717, 1.165) is 29.4 Å². The van der Waals surface area contributed by atoms with Crippen LogP contribution in [0.15, 0.2) is 34.9 Å². The molecule has 2 N–H and O–H groups in total. The highest BCUT2D eigenvalue weighted by Gasteiger charge is 2.44. The van der Waals surface area contributed by atoms with Crippen LogP contribution in [0.4, 0.5) is 5.69 Å². The molecule has 2 amide bonds. The van der Waals surface area contributed by atoms with Gasteiger partial charge in [-0.1, -0.05) is 57.7 Å². The predicted molar refractivity (Wildman–Crippen MR) is 110 cm³/mol. The number of para-hydroxylation sites is 1. The van der Waals surface area contributed by atoms with E-state index < -0.39 is 17.2 Å². The average molecular weight is 397 g/mol. The second-order valence-electron chi connectivity index (χ2n) is 7.32. The Morgan fingerprint density at radius 3 is 2.64 bits per heavy atom. The highest BCUT2D eigenvalue weighted by molar-refractivity contribution is 8.03. The highest BCUT2D eigenvalue weighted by Crippen LogP contribution is 2.41. The van der Waals surface area contributed by atoms with Crippen LogP contribution in [0.5, 0.6) is 0 Å². The molecule has 0 spiro atoms. The Morgan fingerprint density at radius 2 is 2.04 bits per heavy atom. The van der Waals surface area contributed by atoms with Gasteiger partial charge in [-0.05, 0) is 24.0 Å². The summed E-state index contributed by atoms with van der Waals surface area (Å²) in [4.78, 5) is 24.7. The van der Waals surface area contributed by atoms with Gasteiger partial charge in [0.05, 0.1) is 28.5 Å². The van der Waals surface area contributed by atoms with Crippen LogP contribution in [0.1, 0.15) is 45.6 Å². The van der Waals surface area contributed by atoms with Crippen molar-refractivity contribution in [3.63, 3.8) is 0 Å². The number of amides is 2. The summed E-state index contributed by atoms with van der Waals surface area (Å²) in [6, 6.07) is 11.7. The molecule has 0 unspecified atom stereocenters. The van der Waals surface area contributed by atoms with Crippen molar-refractivity contribution < 1.29 is 9.59 Å². The lowest BCUT2D eigenvalue weighted by Crippen LogP contribution is -2.44. The van der Waals surface area contributed by atoms with Gasteiger partial charge in [-0.3, -0.25) is 9.59 Å². The van der Waals surface area contributed by atoms with Crippen LogP contribution < -0.4 is 10.6 Å². The molecular weight excluding hydrogens is 372 g/mol. The number of rotatable bonds is 6. The van der Waals surface area contributed by atoms with Gasteiger partial charge >= 0.3 is 0 Å². The molecule has 1 aromatic carbocycles. The van der Waals surface area contributed by atoms with Crippen LogP contribution in [-0.4, -0.2) is 17.6 Å². The van der Waals surface area contributed by atoms with Crippen molar-refractivity contribution in [2.45, 2.75) is 40.0 Å². The standard InChI is InChI=1S/C21H24N4O2S/c1-5-13(2)14-8-6-7-9-17(14)24-18(26)12-28-20-16(11-23)21(3,4)15(10-22)19(27)25-20/h6-9,13,15H,5,12H2,1-4H3,(H,24,26)(H,25,27)/t13-,15-/m1/s1. The molecule has 0 fully saturated rings. The zero-order valence-corrected chi connectivity index (χ0v) is 17.3.